The summed E-state index contributed by atoms with van der Waals surface area (Å²) in [6.07, 6.45) is 15.7. The standard InChI is InChI=1S/C51H70N2O11/c1-47-18-15-38-49-26-61-40(56)23-39(49)63-48(2,30-9-5-3-6-10-30)42(49)41(57)43(58)50(38,31-11-7-4-8-12-31)51(47)45(64-51)46(59)62-44(47)33-17-20-60-37(33)22-34(36(55)25-54)28-13-14-32-29(21-28)16-19-53-27-52-24-35(32)53/h16-17,19-20,28-32,34-36,38-39,42-45,52,54-55,58H,3-15,18,21-27H2,1-2H3/t28-,29-,32-,34+,35+,36-,38-,39+,42-,43-,44+,45-,47+,48-,49+,50+,51-/m1/s1. The Morgan fingerprint density at radius 2 is 1.70 bits per heavy atom. The van der Waals surface area contributed by atoms with Crippen LogP contribution in [0.1, 0.15) is 134 Å². The fourth-order valence-electron chi connectivity index (χ4n) is 18.2. The minimum Gasteiger partial charge on any atom is -0.469 e. The number of rotatable bonds is 8. The van der Waals surface area contributed by atoms with E-state index in [-0.39, 0.29) is 61.0 Å². The smallest absolute Gasteiger partial charge is 0.339 e. The molecular formula is C51H70N2O11. The fourth-order valence-corrected chi connectivity index (χ4v) is 18.2. The molecule has 1 aromatic rings. The van der Waals surface area contributed by atoms with E-state index in [2.05, 4.69) is 36.3 Å². The van der Waals surface area contributed by atoms with Gasteiger partial charge in [-0.25, -0.2) is 4.79 Å². The predicted molar refractivity (Wildman–Crippen MR) is 230 cm³/mol. The molecule has 5 saturated heterocycles. The number of nitrogens with one attached hydrogen (secondary N) is 1. The van der Waals surface area contributed by atoms with Gasteiger partial charge in [-0.2, -0.15) is 0 Å². The summed E-state index contributed by atoms with van der Waals surface area (Å²) in [5, 5.41) is 39.1. The highest BCUT2D eigenvalue weighted by Gasteiger charge is 2.93. The number of aliphatic hydroxyl groups excluding tert-OH is 3. The molecular weight excluding hydrogens is 817 g/mol. The molecule has 1 aromatic heterocycles. The Balaban J connectivity index is 0.937. The van der Waals surface area contributed by atoms with Gasteiger partial charge in [0.1, 0.15) is 30.2 Å². The Bertz CT molecular complexity index is 2060. The average molecular weight is 887 g/mol. The van der Waals surface area contributed by atoms with E-state index in [1.165, 1.54) is 0 Å². The highest BCUT2D eigenvalue weighted by molar-refractivity contribution is 5.92. The molecule has 2 spiro atoms. The third-order valence-electron chi connectivity index (χ3n) is 20.8. The van der Waals surface area contributed by atoms with Gasteiger partial charge < -0.3 is 43.6 Å². The van der Waals surface area contributed by atoms with Gasteiger partial charge in [0.05, 0.1) is 49.7 Å². The molecule has 64 heavy (non-hydrogen) atoms. The molecule has 6 aliphatic heterocycles. The molecule has 12 rings (SSSR count). The van der Waals surface area contributed by atoms with Gasteiger partial charge in [-0.05, 0) is 118 Å². The lowest BCUT2D eigenvalue weighted by Crippen LogP contribution is -2.79. The first kappa shape index (κ1) is 42.5. The number of epoxide rings is 1. The molecule has 0 aromatic carbocycles. The number of fused-ring (bicyclic) bond motifs is 4. The van der Waals surface area contributed by atoms with Crippen molar-refractivity contribution in [1.82, 2.24) is 10.2 Å². The SMILES string of the molecule is C[C@@]12CC[C@@H]3[C@@]45COC(=O)C[C@@H]4O[C@](C)(C4CCCCC4)[C@H]5C(=O)[C@@H](O)[C@@]3(C3CCCCC3)[C@]13O[C@@H]3C(=O)O[C@H]2c1ccoc1C[C@@H]([C@@H]1CC[C@@H]2[C@H](C=CN3CNC[C@@H]23)C1)[C@H](O)CO. The number of esters is 2. The van der Waals surface area contributed by atoms with Gasteiger partial charge in [0.25, 0.3) is 0 Å². The average Bonchev–Trinajstić information content (AvgIpc) is 3.55. The number of carbonyl (C=O) groups is 3. The molecule has 0 radical (unpaired) electrons. The van der Waals surface area contributed by atoms with Crippen LogP contribution in [0.15, 0.2) is 29.0 Å². The largest absolute Gasteiger partial charge is 0.469 e. The number of allylic oxidation sites excluding steroid dienone is 1. The summed E-state index contributed by atoms with van der Waals surface area (Å²) in [6, 6.07) is 2.38. The number of furan rings is 1. The first-order chi connectivity index (χ1) is 30.9. The van der Waals surface area contributed by atoms with E-state index in [4.69, 9.17) is 23.4 Å². The summed E-state index contributed by atoms with van der Waals surface area (Å²) in [5.41, 5.74) is -4.33. The molecule has 4 N–H and O–H groups in total. The molecule has 0 amide bonds. The number of aliphatic hydroxyl groups is 3. The van der Waals surface area contributed by atoms with Crippen molar-refractivity contribution in [2.24, 2.45) is 63.6 Å². The van der Waals surface area contributed by atoms with Crippen LogP contribution in [0.4, 0.5) is 0 Å². The Labute approximate surface area is 376 Å². The maximum absolute atomic E-state index is 15.9. The summed E-state index contributed by atoms with van der Waals surface area (Å²) in [5.74, 6) is -0.625. The second-order valence-corrected chi connectivity index (χ2v) is 23.0. The summed E-state index contributed by atoms with van der Waals surface area (Å²) >= 11 is 0. The zero-order valence-corrected chi connectivity index (χ0v) is 37.8. The molecule has 7 heterocycles. The molecule has 17 atom stereocenters. The summed E-state index contributed by atoms with van der Waals surface area (Å²) < 4.78 is 33.5. The molecule has 11 aliphatic rings. The molecule has 13 heteroatoms. The van der Waals surface area contributed by atoms with Crippen LogP contribution >= 0.6 is 0 Å². The highest BCUT2D eigenvalue weighted by Crippen LogP contribution is 2.83. The van der Waals surface area contributed by atoms with Crippen molar-refractivity contribution in [1.29, 1.82) is 0 Å². The van der Waals surface area contributed by atoms with Gasteiger partial charge in [-0.1, -0.05) is 51.5 Å². The quantitative estimate of drug-likeness (QED) is 0.189. The summed E-state index contributed by atoms with van der Waals surface area (Å²) in [7, 11) is 0. The van der Waals surface area contributed by atoms with E-state index < -0.39 is 69.9 Å². The second kappa shape index (κ2) is 15.1. The van der Waals surface area contributed by atoms with Crippen LogP contribution in [-0.4, -0.2) is 106 Å². The van der Waals surface area contributed by atoms with E-state index >= 15 is 4.79 Å². The minimum absolute atomic E-state index is 0.0568. The first-order valence-electron chi connectivity index (χ1n) is 25.4. The fraction of sp³-hybridized carbons (Fsp3) is 0.824. The summed E-state index contributed by atoms with van der Waals surface area (Å²) in [6.45, 7) is 5.79. The monoisotopic (exact) mass is 886 g/mol. The molecule has 350 valence electrons. The van der Waals surface area contributed by atoms with E-state index in [1.807, 2.05) is 6.07 Å². The number of cyclic esters (lactones) is 2. The van der Waals surface area contributed by atoms with Crippen molar-refractivity contribution in [3.05, 3.63) is 35.9 Å². The highest BCUT2D eigenvalue weighted by atomic mass is 16.7. The van der Waals surface area contributed by atoms with Crippen molar-refractivity contribution in [2.45, 2.75) is 171 Å². The molecule has 5 saturated carbocycles. The van der Waals surface area contributed by atoms with Gasteiger partial charge >= 0.3 is 11.9 Å². The number of hydrogen-bond donors (Lipinski definition) is 4. The third-order valence-corrected chi connectivity index (χ3v) is 20.8. The lowest BCUT2D eigenvalue weighted by Gasteiger charge is -2.70. The van der Waals surface area contributed by atoms with Crippen LogP contribution in [0.3, 0.4) is 0 Å². The maximum atomic E-state index is 15.9. The van der Waals surface area contributed by atoms with Gasteiger partial charge in [0.2, 0.25) is 0 Å². The zero-order chi connectivity index (χ0) is 44.0. The van der Waals surface area contributed by atoms with Crippen LogP contribution in [0.2, 0.25) is 0 Å². The number of nitrogens with zero attached hydrogens (tertiary/aromatic N) is 1. The lowest BCUT2D eigenvalue weighted by atomic mass is 9.32. The number of carbonyl (C=O) groups excluding carboxylic acids is 3. The van der Waals surface area contributed by atoms with Crippen LogP contribution in [-0.2, 0) is 39.8 Å². The molecule has 0 bridgehead atoms. The topological polar surface area (TPSA) is 181 Å². The molecule has 0 unspecified atom stereocenters. The Kier molecular flexibility index (Phi) is 10.0. The van der Waals surface area contributed by atoms with Crippen molar-refractivity contribution in [3.63, 3.8) is 0 Å². The Hall–Kier alpha value is -2.81. The van der Waals surface area contributed by atoms with Gasteiger partial charge in [0.15, 0.2) is 11.9 Å². The van der Waals surface area contributed by atoms with Gasteiger partial charge in [-0.3, -0.25) is 14.9 Å². The third kappa shape index (κ3) is 5.48. The maximum Gasteiger partial charge on any atom is 0.339 e. The Morgan fingerprint density at radius 1 is 0.938 bits per heavy atom. The minimum atomic E-state index is -1.42. The number of Topliss-reactive ketones (excluding diaryl/α,β-unsaturated/α-hetero) is 1. The van der Waals surface area contributed by atoms with Gasteiger partial charge in [-0.15, -0.1) is 0 Å². The van der Waals surface area contributed by atoms with E-state index in [0.717, 1.165) is 102 Å². The summed E-state index contributed by atoms with van der Waals surface area (Å²) in [4.78, 5) is 46.3. The van der Waals surface area contributed by atoms with Crippen LogP contribution in [0.5, 0.6) is 0 Å². The predicted octanol–water partition coefficient (Wildman–Crippen LogP) is 5.53. The van der Waals surface area contributed by atoms with Crippen LogP contribution in [0.25, 0.3) is 0 Å². The van der Waals surface area contributed by atoms with Crippen LogP contribution < -0.4 is 5.32 Å². The van der Waals surface area contributed by atoms with Crippen molar-refractivity contribution in [3.8, 4) is 0 Å². The second-order valence-electron chi connectivity index (χ2n) is 23.0. The van der Waals surface area contributed by atoms with E-state index in [1.54, 1.807) is 6.26 Å². The molecule has 13 nitrogen and oxygen atoms in total. The normalized spacial score (nSPS) is 48.4. The first-order valence-corrected chi connectivity index (χ1v) is 25.4. The zero-order valence-electron chi connectivity index (χ0n) is 37.8. The van der Waals surface area contributed by atoms with Crippen molar-refractivity contribution >= 4 is 17.7 Å². The van der Waals surface area contributed by atoms with Gasteiger partial charge in [0, 0.05) is 40.8 Å². The Morgan fingerprint density at radius 3 is 2.47 bits per heavy atom. The lowest BCUT2D eigenvalue weighted by molar-refractivity contribution is -0.275. The number of hydrogen-bond acceptors (Lipinski definition) is 13. The number of ketones is 1. The van der Waals surface area contributed by atoms with Crippen molar-refractivity contribution in [2.75, 3.05) is 26.4 Å². The van der Waals surface area contributed by atoms with E-state index in [0.29, 0.717) is 42.9 Å². The van der Waals surface area contributed by atoms with Crippen LogP contribution in [0, 0.1) is 63.6 Å². The molecule has 10 fully saturated rings. The van der Waals surface area contributed by atoms with Crippen molar-refractivity contribution < 1.29 is 53.1 Å². The molecule has 5 aliphatic carbocycles. The van der Waals surface area contributed by atoms with E-state index in [9.17, 15) is 24.9 Å². The number of ether oxygens (including phenoxy) is 4.